The van der Waals surface area contributed by atoms with E-state index in [1.54, 1.807) is 24.3 Å². The minimum atomic E-state index is -5.01. The molecule has 0 radical (unpaired) electrons. The SMILES string of the molecule is O=C(CCc1nc(-c2ccc(Cl)cc2)no1)Nc1cc(C(F)(F)F)cc(C(F)(F)F)c1. The van der Waals surface area contributed by atoms with Crippen LogP contribution in [-0.2, 0) is 23.6 Å². The Bertz CT molecular complexity index is 1050. The van der Waals surface area contributed by atoms with Crippen LogP contribution >= 0.6 is 11.6 Å². The number of rotatable bonds is 5. The van der Waals surface area contributed by atoms with Crippen molar-refractivity contribution in [1.82, 2.24) is 10.1 Å². The van der Waals surface area contributed by atoms with Gasteiger partial charge in [0.05, 0.1) is 11.1 Å². The molecule has 0 saturated heterocycles. The van der Waals surface area contributed by atoms with E-state index < -0.39 is 35.1 Å². The van der Waals surface area contributed by atoms with Crippen molar-refractivity contribution in [2.24, 2.45) is 0 Å². The molecule has 5 nitrogen and oxygen atoms in total. The van der Waals surface area contributed by atoms with Gasteiger partial charge in [-0.1, -0.05) is 16.8 Å². The molecule has 3 rings (SSSR count). The summed E-state index contributed by atoms with van der Waals surface area (Å²) in [5.41, 5.74) is -3.07. The summed E-state index contributed by atoms with van der Waals surface area (Å²) in [7, 11) is 0. The molecule has 31 heavy (non-hydrogen) atoms. The van der Waals surface area contributed by atoms with Gasteiger partial charge in [-0.05, 0) is 42.5 Å². The third-order valence-corrected chi connectivity index (χ3v) is 4.26. The number of aromatic nitrogens is 2. The smallest absolute Gasteiger partial charge is 0.339 e. The van der Waals surface area contributed by atoms with Crippen LogP contribution in [0, 0.1) is 0 Å². The number of aryl methyl sites for hydroxylation is 1. The first-order chi connectivity index (χ1) is 14.4. The summed E-state index contributed by atoms with van der Waals surface area (Å²) >= 11 is 5.79. The molecule has 0 aliphatic heterocycles. The van der Waals surface area contributed by atoms with E-state index in [1.807, 2.05) is 5.32 Å². The predicted octanol–water partition coefficient (Wildman–Crippen LogP) is 6.00. The maximum atomic E-state index is 12.9. The monoisotopic (exact) mass is 463 g/mol. The van der Waals surface area contributed by atoms with Crippen LogP contribution in [0.25, 0.3) is 11.4 Å². The van der Waals surface area contributed by atoms with Crippen molar-refractivity contribution in [2.45, 2.75) is 25.2 Å². The first kappa shape index (κ1) is 22.6. The molecule has 0 saturated carbocycles. The number of hydrogen-bond donors (Lipinski definition) is 1. The highest BCUT2D eigenvalue weighted by atomic mass is 35.5. The number of halogens is 7. The highest BCUT2D eigenvalue weighted by molar-refractivity contribution is 6.30. The number of alkyl halides is 6. The maximum absolute atomic E-state index is 12.9. The van der Waals surface area contributed by atoms with Crippen LogP contribution in [0.15, 0.2) is 47.0 Å². The van der Waals surface area contributed by atoms with E-state index in [2.05, 4.69) is 10.1 Å². The van der Waals surface area contributed by atoms with Gasteiger partial charge in [0.1, 0.15) is 0 Å². The van der Waals surface area contributed by atoms with Gasteiger partial charge < -0.3 is 9.84 Å². The Morgan fingerprint density at radius 2 is 1.55 bits per heavy atom. The summed E-state index contributed by atoms with van der Waals surface area (Å²) in [6.07, 6.45) is -10.4. The van der Waals surface area contributed by atoms with Crippen LogP contribution in [0.1, 0.15) is 23.4 Å². The van der Waals surface area contributed by atoms with Gasteiger partial charge >= 0.3 is 12.4 Å². The van der Waals surface area contributed by atoms with E-state index in [4.69, 9.17) is 16.1 Å². The van der Waals surface area contributed by atoms with Gasteiger partial charge in [-0.15, -0.1) is 0 Å². The molecule has 0 fully saturated rings. The summed E-state index contributed by atoms with van der Waals surface area (Å²) in [4.78, 5) is 16.1. The summed E-state index contributed by atoms with van der Waals surface area (Å²) < 4.78 is 82.4. The molecule has 1 N–H and O–H groups in total. The minimum absolute atomic E-state index is 0.0214. The number of hydrogen-bond acceptors (Lipinski definition) is 4. The van der Waals surface area contributed by atoms with E-state index in [1.165, 1.54) is 0 Å². The summed E-state index contributed by atoms with van der Waals surface area (Å²) in [5, 5.41) is 6.29. The number of amides is 1. The van der Waals surface area contributed by atoms with Crippen LogP contribution in [0.3, 0.4) is 0 Å². The lowest BCUT2D eigenvalue weighted by Crippen LogP contribution is -2.16. The van der Waals surface area contributed by atoms with Crippen molar-refractivity contribution in [3.05, 3.63) is 64.5 Å². The molecule has 0 bridgehead atoms. The quantitative estimate of drug-likeness (QED) is 0.471. The van der Waals surface area contributed by atoms with Crippen LogP contribution < -0.4 is 5.32 Å². The lowest BCUT2D eigenvalue weighted by Gasteiger charge is -2.14. The van der Waals surface area contributed by atoms with Gasteiger partial charge in [0.25, 0.3) is 0 Å². The first-order valence-electron chi connectivity index (χ1n) is 8.60. The molecule has 12 heteroatoms. The number of anilines is 1. The molecule has 1 amide bonds. The average molecular weight is 464 g/mol. The molecular weight excluding hydrogens is 452 g/mol. The Hall–Kier alpha value is -3.08. The van der Waals surface area contributed by atoms with Gasteiger partial charge in [-0.25, -0.2) is 0 Å². The largest absolute Gasteiger partial charge is 0.416 e. The fraction of sp³-hybridized carbons (Fsp3) is 0.211. The van der Waals surface area contributed by atoms with Crippen molar-refractivity contribution in [1.29, 1.82) is 0 Å². The van der Waals surface area contributed by atoms with Crippen LogP contribution in [-0.4, -0.2) is 16.0 Å². The van der Waals surface area contributed by atoms with Crippen molar-refractivity contribution < 1.29 is 35.7 Å². The lowest BCUT2D eigenvalue weighted by molar-refractivity contribution is -0.143. The van der Waals surface area contributed by atoms with E-state index in [9.17, 15) is 31.1 Å². The molecule has 1 aromatic heterocycles. The second-order valence-corrected chi connectivity index (χ2v) is 6.80. The molecule has 0 aliphatic rings. The van der Waals surface area contributed by atoms with Crippen molar-refractivity contribution in [3.8, 4) is 11.4 Å². The van der Waals surface area contributed by atoms with Gasteiger partial charge in [0, 0.05) is 29.1 Å². The van der Waals surface area contributed by atoms with E-state index in [0.29, 0.717) is 22.7 Å². The molecule has 3 aromatic rings. The highest BCUT2D eigenvalue weighted by Gasteiger charge is 2.37. The van der Waals surface area contributed by atoms with Crippen molar-refractivity contribution in [3.63, 3.8) is 0 Å². The first-order valence-corrected chi connectivity index (χ1v) is 8.97. The molecule has 164 valence electrons. The fourth-order valence-corrected chi connectivity index (χ4v) is 2.67. The third-order valence-electron chi connectivity index (χ3n) is 4.01. The third kappa shape index (κ3) is 5.97. The van der Waals surface area contributed by atoms with E-state index in [0.717, 1.165) is 0 Å². The van der Waals surface area contributed by atoms with E-state index >= 15 is 0 Å². The molecular formula is C19H12ClF6N3O2. The van der Waals surface area contributed by atoms with Crippen LogP contribution in [0.5, 0.6) is 0 Å². The lowest BCUT2D eigenvalue weighted by atomic mass is 10.1. The second-order valence-electron chi connectivity index (χ2n) is 6.36. The zero-order chi connectivity index (χ0) is 22.8. The maximum Gasteiger partial charge on any atom is 0.416 e. The molecule has 0 aliphatic carbocycles. The zero-order valence-corrected chi connectivity index (χ0v) is 16.1. The normalized spacial score (nSPS) is 12.1. The highest BCUT2D eigenvalue weighted by Crippen LogP contribution is 2.37. The van der Waals surface area contributed by atoms with Gasteiger partial charge in [-0.2, -0.15) is 31.3 Å². The number of nitrogens with one attached hydrogen (secondary N) is 1. The number of nitrogens with zero attached hydrogens (tertiary/aromatic N) is 2. The molecule has 0 atom stereocenters. The molecule has 1 heterocycles. The summed E-state index contributed by atoms with van der Waals surface area (Å²) in [6, 6.07) is 7.36. The average Bonchev–Trinajstić information content (AvgIpc) is 3.14. The number of benzene rings is 2. The van der Waals surface area contributed by atoms with Crippen molar-refractivity contribution >= 4 is 23.2 Å². The molecule has 2 aromatic carbocycles. The summed E-state index contributed by atoms with van der Waals surface area (Å²) in [6.45, 7) is 0. The predicted molar refractivity (Wildman–Crippen MR) is 98.1 cm³/mol. The van der Waals surface area contributed by atoms with Gasteiger partial charge in [0.2, 0.25) is 17.6 Å². The van der Waals surface area contributed by atoms with E-state index in [-0.39, 0.29) is 30.6 Å². The zero-order valence-electron chi connectivity index (χ0n) is 15.3. The topological polar surface area (TPSA) is 68.0 Å². The molecule has 0 unspecified atom stereocenters. The number of carbonyl (C=O) groups excluding carboxylic acids is 1. The van der Waals surface area contributed by atoms with Crippen LogP contribution in [0.2, 0.25) is 5.02 Å². The minimum Gasteiger partial charge on any atom is -0.339 e. The van der Waals surface area contributed by atoms with Crippen molar-refractivity contribution in [2.75, 3.05) is 5.32 Å². The number of carbonyl (C=O) groups is 1. The van der Waals surface area contributed by atoms with Crippen LogP contribution in [0.4, 0.5) is 32.0 Å². The Labute approximate surface area is 176 Å². The van der Waals surface area contributed by atoms with Gasteiger partial charge in [-0.3, -0.25) is 4.79 Å². The second kappa shape index (κ2) is 8.58. The standard InChI is InChI=1S/C19H12ClF6N3O2/c20-13-3-1-10(2-4-13)17-28-16(31-29-17)6-5-15(30)27-14-8-11(18(21,22)23)7-12(9-14)19(24,25)26/h1-4,7-9H,5-6H2,(H,27,30). The Morgan fingerprint density at radius 1 is 0.968 bits per heavy atom. The Kier molecular flexibility index (Phi) is 6.25. The fourth-order valence-electron chi connectivity index (χ4n) is 2.54. The molecule has 0 spiro atoms. The summed E-state index contributed by atoms with van der Waals surface area (Å²) in [5.74, 6) is -0.515. The Balaban J connectivity index is 1.68. The Morgan fingerprint density at radius 3 is 2.10 bits per heavy atom. The van der Waals surface area contributed by atoms with Gasteiger partial charge in [0.15, 0.2) is 0 Å².